The number of ether oxygens (including phenoxy) is 2. The van der Waals surface area contributed by atoms with Gasteiger partial charge in [-0.05, 0) is 32.6 Å². The van der Waals surface area contributed by atoms with Gasteiger partial charge in [0.2, 0.25) is 0 Å². The van der Waals surface area contributed by atoms with Crippen molar-refractivity contribution in [3.63, 3.8) is 0 Å². The van der Waals surface area contributed by atoms with Crippen LogP contribution in [-0.2, 0) is 29.2 Å². The molecule has 0 radical (unpaired) electrons. The van der Waals surface area contributed by atoms with Crippen LogP contribution in [0.3, 0.4) is 0 Å². The second kappa shape index (κ2) is 13.1. The maximum absolute atomic E-state index is 12.8. The Morgan fingerprint density at radius 1 is 1.07 bits per heavy atom. The Kier molecular flexibility index (Phi) is 12.5. The summed E-state index contributed by atoms with van der Waals surface area (Å²) in [5.74, 6) is -4.63. The molecule has 0 spiro atoms. The number of rotatable bonds is 10. The zero-order valence-corrected chi connectivity index (χ0v) is 20.8. The molecule has 0 atom stereocenters. The molecule has 30 heavy (non-hydrogen) atoms. The van der Waals surface area contributed by atoms with Crippen LogP contribution < -0.4 is 40.0 Å². The van der Waals surface area contributed by atoms with Crippen molar-refractivity contribution >= 4 is 28.0 Å². The molecule has 10 nitrogen and oxygen atoms in total. The van der Waals surface area contributed by atoms with Crippen LogP contribution in [0.1, 0.15) is 40.5 Å². The Bertz CT molecular complexity index is 791. The van der Waals surface area contributed by atoms with Crippen LogP contribution in [0.25, 0.3) is 0 Å². The monoisotopic (exact) mass is 454 g/mol. The molecule has 12 heteroatoms. The maximum Gasteiger partial charge on any atom is 1.00 e. The molecule has 0 aliphatic carbocycles. The van der Waals surface area contributed by atoms with Crippen molar-refractivity contribution in [2.45, 2.75) is 40.5 Å². The van der Waals surface area contributed by atoms with E-state index in [9.17, 15) is 23.1 Å². The van der Waals surface area contributed by atoms with E-state index >= 15 is 0 Å². The minimum Gasteiger partial charge on any atom is -0.861 e. The number of esters is 2. The Hall–Kier alpha value is -1.40. The fourth-order valence-corrected chi connectivity index (χ4v) is 3.01. The molecular formula is C18H27N2NaO8S. The zero-order valence-electron chi connectivity index (χ0n) is 18.0. The smallest absolute Gasteiger partial charge is 0.861 e. The van der Waals surface area contributed by atoms with Gasteiger partial charge in [-0.3, -0.25) is 4.55 Å². The summed E-state index contributed by atoms with van der Waals surface area (Å²) in [6.07, 6.45) is 1.12. The Morgan fingerprint density at radius 3 is 1.87 bits per heavy atom. The predicted molar refractivity (Wildman–Crippen MR) is 103 cm³/mol. The second-order valence-corrected chi connectivity index (χ2v) is 7.99. The number of dihydropyridines is 1. The molecule has 1 rings (SSSR count). The fourth-order valence-electron chi connectivity index (χ4n) is 2.69. The van der Waals surface area contributed by atoms with Gasteiger partial charge in [-0.25, -0.2) is 9.59 Å². The number of nitrogens with zero attached hydrogens (tertiary/aromatic N) is 1. The number of hydrogen-bond acceptors (Lipinski definition) is 9. The van der Waals surface area contributed by atoms with Crippen LogP contribution in [0, 0.1) is 5.92 Å². The topological polar surface area (TPSA) is 154 Å². The number of hydrogen-bond donors (Lipinski definition) is 2. The Morgan fingerprint density at radius 2 is 1.50 bits per heavy atom. The molecule has 1 heterocycles. The third kappa shape index (κ3) is 8.38. The largest absolute Gasteiger partial charge is 1.00 e. The van der Waals surface area contributed by atoms with Crippen molar-refractivity contribution in [2.24, 2.45) is 10.9 Å². The molecule has 0 fully saturated rings. The molecule has 1 aliphatic heterocycles. The number of carbonyl (C=O) groups is 2. The standard InChI is InChI=1S/C18H28N2O8S.Na/c1-5-8-27-17(22)13-11(3)20-12(4)14(18(23)28-9-6-2)15(13)16(21)19-7-10-29(24,25)26;/h15,20H,5-10H2,1-4H3,(H,19,21)(H,24,25,26);/q;+1/p-1. The summed E-state index contributed by atoms with van der Waals surface area (Å²) in [5.41, 5.74) is 0.458. The van der Waals surface area contributed by atoms with Gasteiger partial charge >= 0.3 is 41.5 Å². The first-order valence-corrected chi connectivity index (χ1v) is 10.8. The van der Waals surface area contributed by atoms with Crippen LogP contribution >= 0.6 is 0 Å². The van der Waals surface area contributed by atoms with E-state index in [1.165, 1.54) is 0 Å². The van der Waals surface area contributed by atoms with Crippen molar-refractivity contribution in [3.05, 3.63) is 22.5 Å². The van der Waals surface area contributed by atoms with Crippen molar-refractivity contribution < 1.29 is 66.7 Å². The van der Waals surface area contributed by atoms with E-state index in [-0.39, 0.29) is 53.9 Å². The van der Waals surface area contributed by atoms with Gasteiger partial charge in [0.05, 0.1) is 42.6 Å². The first-order chi connectivity index (χ1) is 13.5. The second-order valence-electron chi connectivity index (χ2n) is 6.41. The van der Waals surface area contributed by atoms with Gasteiger partial charge in [0.15, 0.2) is 0 Å². The number of allylic oxidation sites excluding steroid dienone is 2. The van der Waals surface area contributed by atoms with Crippen LogP contribution in [0.15, 0.2) is 27.5 Å². The van der Waals surface area contributed by atoms with E-state index in [1.807, 2.05) is 0 Å². The maximum atomic E-state index is 12.8. The van der Waals surface area contributed by atoms with E-state index in [0.29, 0.717) is 24.2 Å². The van der Waals surface area contributed by atoms with E-state index < -0.39 is 46.2 Å². The molecule has 164 valence electrons. The van der Waals surface area contributed by atoms with Crippen LogP contribution in [-0.4, -0.2) is 56.3 Å². The number of aliphatic imine (C=N–C) groups is 1. The van der Waals surface area contributed by atoms with Gasteiger partial charge < -0.3 is 24.9 Å². The van der Waals surface area contributed by atoms with E-state index in [2.05, 4.69) is 10.3 Å². The third-order valence-corrected chi connectivity index (χ3v) is 4.64. The normalized spacial score (nSPS) is 15.4. The minimum atomic E-state index is -4.32. The first kappa shape index (κ1) is 28.6. The molecule has 0 aromatic heterocycles. The van der Waals surface area contributed by atoms with Crippen LogP contribution in [0.2, 0.25) is 0 Å². The van der Waals surface area contributed by atoms with Gasteiger partial charge in [-0.2, -0.15) is 8.42 Å². The van der Waals surface area contributed by atoms with Crippen molar-refractivity contribution in [2.75, 3.05) is 25.5 Å². The van der Waals surface area contributed by atoms with Crippen LogP contribution in [0.5, 0.6) is 0 Å². The minimum absolute atomic E-state index is 0. The molecule has 0 saturated heterocycles. The average Bonchev–Trinajstić information content (AvgIpc) is 2.62. The molecule has 0 saturated carbocycles. The van der Waals surface area contributed by atoms with Crippen molar-refractivity contribution in [1.29, 1.82) is 0 Å². The summed E-state index contributed by atoms with van der Waals surface area (Å²) in [6.45, 7) is 6.44. The van der Waals surface area contributed by atoms with Gasteiger partial charge in [0, 0.05) is 11.4 Å². The molecule has 0 amide bonds. The predicted octanol–water partition coefficient (Wildman–Crippen LogP) is -2.69. The quantitative estimate of drug-likeness (QED) is 0.118. The van der Waals surface area contributed by atoms with Crippen molar-refractivity contribution in [3.8, 4) is 0 Å². The molecular weight excluding hydrogens is 427 g/mol. The Labute approximate surface area is 198 Å². The molecule has 0 aromatic carbocycles. The molecule has 2 N–H and O–H groups in total. The summed E-state index contributed by atoms with van der Waals surface area (Å²) < 4.78 is 40.9. The van der Waals surface area contributed by atoms with Crippen molar-refractivity contribution in [1.82, 2.24) is 5.32 Å². The third-order valence-electron chi connectivity index (χ3n) is 3.94. The summed E-state index contributed by atoms with van der Waals surface area (Å²) in [4.78, 5) is 28.8. The number of carbonyl (C=O) groups excluding carboxylic acids is 2. The summed E-state index contributed by atoms with van der Waals surface area (Å²) in [5, 5.41) is 15.7. The Balaban J connectivity index is 0.00000841. The number of nitrogens with one attached hydrogen (secondary N) is 1. The van der Waals surface area contributed by atoms with Gasteiger partial charge in [-0.1, -0.05) is 13.8 Å². The van der Waals surface area contributed by atoms with E-state index in [0.717, 1.165) is 0 Å². The summed E-state index contributed by atoms with van der Waals surface area (Å²) >= 11 is 0. The van der Waals surface area contributed by atoms with Gasteiger partial charge in [0.25, 0.3) is 10.1 Å². The SMILES string of the molecule is CCCOC(=O)C1=C(C)NC(C)=C(C(=O)OCCC)C1C([O-])=NCCS(=O)(=O)O.[Na+]. The summed E-state index contributed by atoms with van der Waals surface area (Å²) in [6, 6.07) is 0. The fraction of sp³-hybridized carbons (Fsp3) is 0.611. The van der Waals surface area contributed by atoms with Crippen LogP contribution in [0.4, 0.5) is 0 Å². The first-order valence-electron chi connectivity index (χ1n) is 9.22. The summed E-state index contributed by atoms with van der Waals surface area (Å²) in [7, 11) is -4.32. The zero-order chi connectivity index (χ0) is 22.2. The molecule has 0 bridgehead atoms. The van der Waals surface area contributed by atoms with E-state index in [1.54, 1.807) is 27.7 Å². The molecule has 0 unspecified atom stereocenters. The van der Waals surface area contributed by atoms with Gasteiger partial charge in [-0.15, -0.1) is 0 Å². The van der Waals surface area contributed by atoms with Gasteiger partial charge in [0.1, 0.15) is 0 Å². The van der Waals surface area contributed by atoms with E-state index in [4.69, 9.17) is 14.0 Å². The molecule has 1 aliphatic rings. The average molecular weight is 454 g/mol. The molecule has 0 aromatic rings.